The zero-order valence-electron chi connectivity index (χ0n) is 17.4. The van der Waals surface area contributed by atoms with E-state index in [2.05, 4.69) is 20.8 Å². The van der Waals surface area contributed by atoms with Gasteiger partial charge in [-0.3, -0.25) is 9.59 Å². The number of carbonyl (C=O) groups is 2. The van der Waals surface area contributed by atoms with Crippen LogP contribution in [-0.4, -0.2) is 46.6 Å². The van der Waals surface area contributed by atoms with Gasteiger partial charge in [0.2, 0.25) is 5.91 Å². The number of nitrogens with one attached hydrogen (secondary N) is 2. The predicted octanol–water partition coefficient (Wildman–Crippen LogP) is 2.49. The molecule has 1 heterocycles. The summed E-state index contributed by atoms with van der Waals surface area (Å²) in [6.07, 6.45) is 0. The van der Waals surface area contributed by atoms with Gasteiger partial charge in [-0.05, 0) is 48.5 Å². The number of anilines is 1. The second kappa shape index (κ2) is 10.5. The lowest BCUT2D eigenvalue weighted by molar-refractivity contribution is -0.113. The number of benzene rings is 2. The van der Waals surface area contributed by atoms with Crippen LogP contribution in [-0.2, 0) is 18.4 Å². The molecule has 10 heteroatoms. The number of amides is 2. The van der Waals surface area contributed by atoms with Crippen molar-refractivity contribution in [1.82, 2.24) is 20.1 Å². The second-order valence-corrected chi connectivity index (χ2v) is 7.38. The monoisotopic (exact) mass is 441 g/mol. The van der Waals surface area contributed by atoms with Crippen LogP contribution >= 0.6 is 11.8 Å². The van der Waals surface area contributed by atoms with Crippen molar-refractivity contribution in [3.8, 4) is 11.5 Å². The van der Waals surface area contributed by atoms with Crippen molar-refractivity contribution in [2.24, 2.45) is 7.05 Å². The van der Waals surface area contributed by atoms with Gasteiger partial charge < -0.3 is 24.7 Å². The molecule has 0 atom stereocenters. The molecule has 0 spiro atoms. The summed E-state index contributed by atoms with van der Waals surface area (Å²) in [6.45, 7) is 0.215. The molecule has 2 aromatic carbocycles. The molecule has 2 N–H and O–H groups in total. The largest absolute Gasteiger partial charge is 0.497 e. The fourth-order valence-corrected chi connectivity index (χ4v) is 3.36. The Bertz CT molecular complexity index is 1030. The number of thioether (sulfide) groups is 1. The van der Waals surface area contributed by atoms with Gasteiger partial charge in [-0.2, -0.15) is 0 Å². The summed E-state index contributed by atoms with van der Waals surface area (Å²) in [5, 5.41) is 14.4. The van der Waals surface area contributed by atoms with Crippen LogP contribution in [0, 0.1) is 0 Å². The number of nitrogens with zero attached hydrogens (tertiary/aromatic N) is 3. The van der Waals surface area contributed by atoms with Crippen molar-refractivity contribution in [1.29, 1.82) is 0 Å². The molecule has 9 nitrogen and oxygen atoms in total. The van der Waals surface area contributed by atoms with Crippen molar-refractivity contribution >= 4 is 29.3 Å². The highest BCUT2D eigenvalue weighted by molar-refractivity contribution is 7.99. The molecule has 2 amide bonds. The molecule has 0 saturated heterocycles. The molecule has 0 unspecified atom stereocenters. The standard InChI is InChI=1S/C21H23N5O4S/c1-26-18(12-22-20(28)14-4-8-16(29-2)9-5-14)24-25-21(26)31-13-19(27)23-15-6-10-17(30-3)11-7-15/h4-11H,12-13H2,1-3H3,(H,22,28)(H,23,27). The lowest BCUT2D eigenvalue weighted by Gasteiger charge is -2.07. The molecule has 0 aliphatic carbocycles. The number of ether oxygens (including phenoxy) is 2. The van der Waals surface area contributed by atoms with Gasteiger partial charge in [-0.1, -0.05) is 11.8 Å². The highest BCUT2D eigenvalue weighted by Crippen LogP contribution is 2.18. The van der Waals surface area contributed by atoms with Gasteiger partial charge in [0.15, 0.2) is 11.0 Å². The molecule has 31 heavy (non-hydrogen) atoms. The van der Waals surface area contributed by atoms with E-state index in [1.165, 1.54) is 11.8 Å². The van der Waals surface area contributed by atoms with E-state index in [0.717, 1.165) is 5.75 Å². The average Bonchev–Trinajstić information content (AvgIpc) is 3.16. The zero-order valence-corrected chi connectivity index (χ0v) is 18.2. The van der Waals surface area contributed by atoms with Crippen molar-refractivity contribution in [2.75, 3.05) is 25.3 Å². The third kappa shape index (κ3) is 5.98. The third-order valence-electron chi connectivity index (χ3n) is 4.39. The molecule has 0 saturated carbocycles. The van der Waals surface area contributed by atoms with E-state index in [1.54, 1.807) is 74.4 Å². The van der Waals surface area contributed by atoms with Crippen molar-refractivity contribution < 1.29 is 19.1 Å². The molecular weight excluding hydrogens is 418 g/mol. The topological polar surface area (TPSA) is 107 Å². The summed E-state index contributed by atoms with van der Waals surface area (Å²) in [5.41, 5.74) is 1.21. The minimum atomic E-state index is -0.223. The number of rotatable bonds is 9. The Kier molecular flexibility index (Phi) is 7.50. The van der Waals surface area contributed by atoms with Gasteiger partial charge >= 0.3 is 0 Å². The molecule has 0 aliphatic heterocycles. The molecule has 0 radical (unpaired) electrons. The zero-order chi connectivity index (χ0) is 22.2. The van der Waals surface area contributed by atoms with Crippen LogP contribution in [0.5, 0.6) is 11.5 Å². The summed E-state index contributed by atoms with van der Waals surface area (Å²) in [5.74, 6) is 1.78. The predicted molar refractivity (Wildman–Crippen MR) is 118 cm³/mol. The van der Waals surface area contributed by atoms with Crippen molar-refractivity contribution in [3.63, 3.8) is 0 Å². The van der Waals surface area contributed by atoms with Gasteiger partial charge in [0.25, 0.3) is 5.91 Å². The van der Waals surface area contributed by atoms with E-state index in [1.807, 2.05) is 0 Å². The first-order valence-electron chi connectivity index (χ1n) is 9.37. The minimum absolute atomic E-state index is 0.160. The fraction of sp³-hybridized carbons (Fsp3) is 0.238. The molecule has 0 fully saturated rings. The first-order chi connectivity index (χ1) is 15.0. The molecule has 0 aliphatic rings. The maximum absolute atomic E-state index is 12.3. The van der Waals surface area contributed by atoms with Gasteiger partial charge in [0, 0.05) is 18.3 Å². The van der Waals surface area contributed by atoms with Crippen LogP contribution in [0.3, 0.4) is 0 Å². The lowest BCUT2D eigenvalue weighted by atomic mass is 10.2. The first kappa shape index (κ1) is 22.2. The summed E-state index contributed by atoms with van der Waals surface area (Å²) < 4.78 is 11.9. The summed E-state index contributed by atoms with van der Waals surface area (Å²) in [4.78, 5) is 24.5. The van der Waals surface area contributed by atoms with E-state index < -0.39 is 0 Å². The average molecular weight is 442 g/mol. The molecule has 3 aromatic rings. The highest BCUT2D eigenvalue weighted by atomic mass is 32.2. The Morgan fingerprint density at radius 1 is 0.968 bits per heavy atom. The van der Waals surface area contributed by atoms with E-state index in [-0.39, 0.29) is 24.1 Å². The van der Waals surface area contributed by atoms with Crippen LogP contribution in [0.4, 0.5) is 5.69 Å². The fourth-order valence-electron chi connectivity index (χ4n) is 2.63. The molecule has 1 aromatic heterocycles. The van der Waals surface area contributed by atoms with Gasteiger partial charge in [-0.15, -0.1) is 10.2 Å². The van der Waals surface area contributed by atoms with E-state index in [4.69, 9.17) is 9.47 Å². The molecular formula is C21H23N5O4S. The number of hydrogen-bond acceptors (Lipinski definition) is 7. The Morgan fingerprint density at radius 2 is 1.58 bits per heavy atom. The second-order valence-electron chi connectivity index (χ2n) is 6.43. The normalized spacial score (nSPS) is 10.4. The van der Waals surface area contributed by atoms with Crippen molar-refractivity contribution in [2.45, 2.75) is 11.7 Å². The SMILES string of the molecule is COc1ccc(NC(=O)CSc2nnc(CNC(=O)c3ccc(OC)cc3)n2C)cc1. The number of aromatic nitrogens is 3. The summed E-state index contributed by atoms with van der Waals surface area (Å²) in [6, 6.07) is 13.9. The Morgan fingerprint density at radius 3 is 2.19 bits per heavy atom. The Labute approximate surface area is 184 Å². The minimum Gasteiger partial charge on any atom is -0.497 e. The molecule has 162 valence electrons. The number of carbonyl (C=O) groups excluding carboxylic acids is 2. The van der Waals surface area contributed by atoms with E-state index >= 15 is 0 Å². The van der Waals surface area contributed by atoms with Crippen molar-refractivity contribution in [3.05, 3.63) is 59.9 Å². The number of hydrogen-bond donors (Lipinski definition) is 2. The van der Waals surface area contributed by atoms with E-state index in [0.29, 0.717) is 28.0 Å². The van der Waals surface area contributed by atoms with E-state index in [9.17, 15) is 9.59 Å². The highest BCUT2D eigenvalue weighted by Gasteiger charge is 2.13. The van der Waals surface area contributed by atoms with Crippen LogP contribution < -0.4 is 20.1 Å². The first-order valence-corrected chi connectivity index (χ1v) is 10.4. The maximum atomic E-state index is 12.3. The number of methoxy groups -OCH3 is 2. The molecule has 3 rings (SSSR count). The van der Waals surface area contributed by atoms with Crippen LogP contribution in [0.15, 0.2) is 53.7 Å². The third-order valence-corrected chi connectivity index (χ3v) is 5.41. The smallest absolute Gasteiger partial charge is 0.251 e. The van der Waals surface area contributed by atoms with Gasteiger partial charge in [-0.25, -0.2) is 0 Å². The Balaban J connectivity index is 1.49. The van der Waals surface area contributed by atoms with Crippen LogP contribution in [0.2, 0.25) is 0 Å². The quantitative estimate of drug-likeness (QED) is 0.491. The Hall–Kier alpha value is -3.53. The van der Waals surface area contributed by atoms with Gasteiger partial charge in [0.05, 0.1) is 26.5 Å². The van der Waals surface area contributed by atoms with Crippen LogP contribution in [0.25, 0.3) is 0 Å². The summed E-state index contributed by atoms with van der Waals surface area (Å²) in [7, 11) is 4.95. The maximum Gasteiger partial charge on any atom is 0.251 e. The van der Waals surface area contributed by atoms with Gasteiger partial charge in [0.1, 0.15) is 11.5 Å². The van der Waals surface area contributed by atoms with Crippen LogP contribution in [0.1, 0.15) is 16.2 Å². The molecule has 0 bridgehead atoms. The lowest BCUT2D eigenvalue weighted by Crippen LogP contribution is -2.24. The summed E-state index contributed by atoms with van der Waals surface area (Å²) >= 11 is 1.26.